The summed E-state index contributed by atoms with van der Waals surface area (Å²) in [7, 11) is 0. The van der Waals surface area contributed by atoms with Crippen LogP contribution < -0.4 is 5.73 Å². The Bertz CT molecular complexity index is 385. The molecule has 1 aliphatic carbocycles. The van der Waals surface area contributed by atoms with Crippen LogP contribution in [0.15, 0.2) is 18.2 Å². The Morgan fingerprint density at radius 1 is 1.60 bits per heavy atom. The highest BCUT2D eigenvalue weighted by Gasteiger charge is 2.53. The molecule has 0 heterocycles. The first kappa shape index (κ1) is 10.9. The molecule has 2 rings (SSSR count). The van der Waals surface area contributed by atoms with Gasteiger partial charge in [-0.25, -0.2) is 4.39 Å². The molecule has 82 valence electrons. The predicted octanol–water partition coefficient (Wildman–Crippen LogP) is 1.69. The van der Waals surface area contributed by atoms with Crippen molar-refractivity contribution >= 4 is 11.6 Å². The quantitative estimate of drug-likeness (QED) is 0.829. The van der Waals surface area contributed by atoms with Gasteiger partial charge < -0.3 is 10.8 Å². The van der Waals surface area contributed by atoms with Crippen molar-refractivity contribution in [2.24, 2.45) is 11.7 Å². The molecule has 15 heavy (non-hydrogen) atoms. The second kappa shape index (κ2) is 3.74. The van der Waals surface area contributed by atoms with Gasteiger partial charge in [0.1, 0.15) is 5.82 Å². The van der Waals surface area contributed by atoms with Gasteiger partial charge in [0.2, 0.25) is 0 Å². The number of rotatable bonds is 3. The molecule has 2 nitrogen and oxygen atoms in total. The summed E-state index contributed by atoms with van der Waals surface area (Å²) < 4.78 is 13.3. The van der Waals surface area contributed by atoms with Crippen molar-refractivity contribution in [3.63, 3.8) is 0 Å². The van der Waals surface area contributed by atoms with Gasteiger partial charge in [0, 0.05) is 18.6 Å². The van der Waals surface area contributed by atoms with Crippen LogP contribution in [0.3, 0.4) is 0 Å². The number of nitrogens with two attached hydrogens (primary N) is 1. The van der Waals surface area contributed by atoms with Crippen LogP contribution in [0.1, 0.15) is 12.0 Å². The van der Waals surface area contributed by atoms with Crippen molar-refractivity contribution in [3.05, 3.63) is 34.6 Å². The van der Waals surface area contributed by atoms with Crippen LogP contribution in [0.25, 0.3) is 0 Å². The summed E-state index contributed by atoms with van der Waals surface area (Å²) in [4.78, 5) is 0. The van der Waals surface area contributed by atoms with E-state index in [0.717, 1.165) is 12.0 Å². The molecule has 0 unspecified atom stereocenters. The SMILES string of the molecule is NC[C@]1(c2ccc(Cl)c(F)c2)C[C@@H]1CO. The van der Waals surface area contributed by atoms with Gasteiger partial charge in [-0.3, -0.25) is 0 Å². The minimum atomic E-state index is -0.425. The molecule has 2 atom stereocenters. The Hall–Kier alpha value is -0.640. The van der Waals surface area contributed by atoms with Gasteiger partial charge in [-0.2, -0.15) is 0 Å². The average Bonchev–Trinajstić information content (AvgIpc) is 2.97. The average molecular weight is 230 g/mol. The number of hydrogen-bond donors (Lipinski definition) is 2. The first-order valence-electron chi connectivity index (χ1n) is 4.90. The monoisotopic (exact) mass is 229 g/mol. The summed E-state index contributed by atoms with van der Waals surface area (Å²) in [5.74, 6) is -0.270. The summed E-state index contributed by atoms with van der Waals surface area (Å²) >= 11 is 5.61. The van der Waals surface area contributed by atoms with E-state index in [9.17, 15) is 4.39 Å². The van der Waals surface area contributed by atoms with Crippen molar-refractivity contribution in [1.29, 1.82) is 0 Å². The summed E-state index contributed by atoms with van der Waals surface area (Å²) in [5.41, 5.74) is 6.29. The zero-order valence-electron chi connectivity index (χ0n) is 8.21. The molecule has 3 N–H and O–H groups in total. The lowest BCUT2D eigenvalue weighted by atomic mass is 9.93. The molecular formula is C11H13ClFNO. The fourth-order valence-corrected chi connectivity index (χ4v) is 2.26. The van der Waals surface area contributed by atoms with E-state index in [-0.39, 0.29) is 23.0 Å². The molecule has 1 aromatic carbocycles. The third kappa shape index (κ3) is 1.65. The van der Waals surface area contributed by atoms with Gasteiger partial charge in [0.15, 0.2) is 0 Å². The molecular weight excluding hydrogens is 217 g/mol. The molecule has 0 amide bonds. The summed E-state index contributed by atoms with van der Waals surface area (Å²) in [6, 6.07) is 4.75. The highest BCUT2D eigenvalue weighted by atomic mass is 35.5. The van der Waals surface area contributed by atoms with Gasteiger partial charge >= 0.3 is 0 Å². The Morgan fingerprint density at radius 2 is 2.33 bits per heavy atom. The molecule has 0 saturated heterocycles. The van der Waals surface area contributed by atoms with Gasteiger partial charge in [0.05, 0.1) is 5.02 Å². The van der Waals surface area contributed by atoms with E-state index in [4.69, 9.17) is 22.4 Å². The fraction of sp³-hybridized carbons (Fsp3) is 0.455. The van der Waals surface area contributed by atoms with Gasteiger partial charge in [-0.05, 0) is 30.0 Å². The molecule has 1 aromatic rings. The maximum Gasteiger partial charge on any atom is 0.142 e. The molecule has 0 bridgehead atoms. The van der Waals surface area contributed by atoms with Crippen LogP contribution in [0.5, 0.6) is 0 Å². The van der Waals surface area contributed by atoms with Crippen molar-refractivity contribution in [2.45, 2.75) is 11.8 Å². The molecule has 0 aromatic heterocycles. The lowest BCUT2D eigenvalue weighted by Crippen LogP contribution is -2.23. The van der Waals surface area contributed by atoms with E-state index in [1.807, 2.05) is 0 Å². The minimum Gasteiger partial charge on any atom is -0.396 e. The Kier molecular flexibility index (Phi) is 2.71. The van der Waals surface area contributed by atoms with Crippen molar-refractivity contribution in [3.8, 4) is 0 Å². The standard InChI is InChI=1S/C11H13ClFNO/c12-9-2-1-7(3-10(9)13)11(6-14)4-8(11)5-15/h1-3,8,15H,4-6,14H2/t8-,11+/m1/s1. The van der Waals surface area contributed by atoms with Crippen molar-refractivity contribution in [2.75, 3.05) is 13.2 Å². The van der Waals surface area contributed by atoms with Crippen LogP contribution in [0.4, 0.5) is 4.39 Å². The number of halogens is 2. The van der Waals surface area contributed by atoms with E-state index in [0.29, 0.717) is 6.54 Å². The molecule has 0 aliphatic heterocycles. The maximum absolute atomic E-state index is 13.3. The van der Waals surface area contributed by atoms with Crippen LogP contribution in [-0.4, -0.2) is 18.3 Å². The Morgan fingerprint density at radius 3 is 2.80 bits per heavy atom. The number of benzene rings is 1. The molecule has 1 fully saturated rings. The lowest BCUT2D eigenvalue weighted by Gasteiger charge is -2.15. The van der Waals surface area contributed by atoms with E-state index < -0.39 is 5.82 Å². The second-order valence-electron chi connectivity index (χ2n) is 4.07. The summed E-state index contributed by atoms with van der Waals surface area (Å²) in [6.07, 6.45) is 0.821. The first-order chi connectivity index (χ1) is 7.14. The molecule has 1 aliphatic rings. The van der Waals surface area contributed by atoms with E-state index in [1.54, 1.807) is 6.07 Å². The number of hydrogen-bond acceptors (Lipinski definition) is 2. The minimum absolute atomic E-state index is 0.0987. The van der Waals surface area contributed by atoms with Crippen LogP contribution in [-0.2, 0) is 5.41 Å². The van der Waals surface area contributed by atoms with E-state index in [2.05, 4.69) is 0 Å². The summed E-state index contributed by atoms with van der Waals surface area (Å²) in [5, 5.41) is 9.20. The molecule has 0 spiro atoms. The van der Waals surface area contributed by atoms with Crippen LogP contribution in [0.2, 0.25) is 5.02 Å². The predicted molar refractivity (Wildman–Crippen MR) is 57.3 cm³/mol. The van der Waals surface area contributed by atoms with Gasteiger partial charge in [-0.15, -0.1) is 0 Å². The highest BCUT2D eigenvalue weighted by molar-refractivity contribution is 6.30. The Labute approximate surface area is 92.9 Å². The van der Waals surface area contributed by atoms with Crippen LogP contribution >= 0.6 is 11.6 Å². The maximum atomic E-state index is 13.3. The third-order valence-electron chi connectivity index (χ3n) is 3.31. The van der Waals surface area contributed by atoms with Gasteiger partial charge in [-0.1, -0.05) is 17.7 Å². The topological polar surface area (TPSA) is 46.2 Å². The fourth-order valence-electron chi connectivity index (χ4n) is 2.15. The second-order valence-corrected chi connectivity index (χ2v) is 4.48. The number of aliphatic hydroxyl groups excluding tert-OH is 1. The van der Waals surface area contributed by atoms with E-state index >= 15 is 0 Å². The molecule has 0 radical (unpaired) electrons. The zero-order chi connectivity index (χ0) is 11.1. The first-order valence-corrected chi connectivity index (χ1v) is 5.28. The third-order valence-corrected chi connectivity index (χ3v) is 3.62. The molecule has 4 heteroatoms. The van der Waals surface area contributed by atoms with Crippen molar-refractivity contribution in [1.82, 2.24) is 0 Å². The van der Waals surface area contributed by atoms with Crippen LogP contribution in [0, 0.1) is 11.7 Å². The largest absolute Gasteiger partial charge is 0.396 e. The smallest absolute Gasteiger partial charge is 0.142 e. The van der Waals surface area contributed by atoms with E-state index in [1.165, 1.54) is 12.1 Å². The molecule has 1 saturated carbocycles. The van der Waals surface area contributed by atoms with Gasteiger partial charge in [0.25, 0.3) is 0 Å². The lowest BCUT2D eigenvalue weighted by molar-refractivity contribution is 0.264. The summed E-state index contributed by atoms with van der Waals surface area (Å²) in [6.45, 7) is 0.529. The highest BCUT2D eigenvalue weighted by Crippen LogP contribution is 2.53. The van der Waals surface area contributed by atoms with Crippen molar-refractivity contribution < 1.29 is 9.50 Å². The zero-order valence-corrected chi connectivity index (χ0v) is 8.97. The normalized spacial score (nSPS) is 29.2. The number of aliphatic hydroxyl groups is 1. The Balaban J connectivity index is 2.33.